The Morgan fingerprint density at radius 1 is 0.972 bits per heavy atom. The number of hydrogen-bond donors (Lipinski definition) is 1. The second-order valence-electron chi connectivity index (χ2n) is 10.2. The number of carbonyl (C=O) groups excluding carboxylic acids is 3. The molecular formula is C29H37N2O5+. The fourth-order valence-corrected chi connectivity index (χ4v) is 5.87. The third kappa shape index (κ3) is 5.03. The molecule has 2 aromatic rings. The molecule has 0 bridgehead atoms. The van der Waals surface area contributed by atoms with Crippen LogP contribution >= 0.6 is 0 Å². The molecule has 7 nitrogen and oxygen atoms in total. The summed E-state index contributed by atoms with van der Waals surface area (Å²) in [6.45, 7) is 7.77. The van der Waals surface area contributed by atoms with E-state index in [2.05, 4.69) is 5.32 Å². The number of carbonyl (C=O) groups is 3. The predicted octanol–water partition coefficient (Wildman–Crippen LogP) is 4.70. The van der Waals surface area contributed by atoms with Crippen LogP contribution in [0.2, 0.25) is 0 Å². The second kappa shape index (κ2) is 10.8. The highest BCUT2D eigenvalue weighted by molar-refractivity contribution is 6.05. The number of benzene rings is 2. The number of ether oxygens (including phenoxy) is 2. The maximum Gasteiger partial charge on any atom is 0.362 e. The van der Waals surface area contributed by atoms with Crippen LogP contribution in [0.3, 0.4) is 0 Å². The van der Waals surface area contributed by atoms with Crippen molar-refractivity contribution in [3.05, 3.63) is 64.7 Å². The van der Waals surface area contributed by atoms with Crippen LogP contribution < -0.4 is 5.32 Å². The van der Waals surface area contributed by atoms with Crippen molar-refractivity contribution in [3.63, 3.8) is 0 Å². The van der Waals surface area contributed by atoms with Crippen LogP contribution in [-0.2, 0) is 25.7 Å². The minimum Gasteiger partial charge on any atom is -0.462 e. The van der Waals surface area contributed by atoms with Crippen LogP contribution in [0.25, 0.3) is 0 Å². The Morgan fingerprint density at radius 2 is 1.67 bits per heavy atom. The van der Waals surface area contributed by atoms with Crippen molar-refractivity contribution in [3.8, 4) is 0 Å². The Bertz CT molecular complexity index is 1120. The zero-order chi connectivity index (χ0) is 25.8. The molecule has 0 unspecified atom stereocenters. The van der Waals surface area contributed by atoms with Crippen molar-refractivity contribution in [2.75, 3.05) is 31.6 Å². The molecule has 2 fully saturated rings. The Kier molecular flexibility index (Phi) is 7.79. The van der Waals surface area contributed by atoms with Gasteiger partial charge in [0.1, 0.15) is 6.61 Å². The molecule has 7 heteroatoms. The van der Waals surface area contributed by atoms with Crippen molar-refractivity contribution in [2.45, 2.75) is 65.0 Å². The minimum atomic E-state index is -0.703. The molecule has 192 valence electrons. The van der Waals surface area contributed by atoms with Crippen LogP contribution in [-0.4, -0.2) is 54.1 Å². The Morgan fingerprint density at radius 3 is 2.28 bits per heavy atom. The van der Waals surface area contributed by atoms with E-state index in [1.54, 1.807) is 13.0 Å². The summed E-state index contributed by atoms with van der Waals surface area (Å²) in [4.78, 5) is 39.7. The molecule has 0 atom stereocenters. The van der Waals surface area contributed by atoms with Gasteiger partial charge in [-0.05, 0) is 49.9 Å². The molecule has 1 N–H and O–H groups in total. The molecule has 0 aromatic heterocycles. The standard InChI is InChI=1S/C29H36N2O5/c1-4-35-27(33)24-18-21(2)17-22(3)26(24)30-28(34)29(13-10-14-29)31(15-8-9-16-31)19-25(32)36-20-23-11-6-5-7-12-23/h5-7,11-12,17-18H,4,8-10,13-16,19-20H2,1-3H3/p+1. The van der Waals surface area contributed by atoms with E-state index in [0.29, 0.717) is 28.6 Å². The normalized spacial score (nSPS) is 17.6. The summed E-state index contributed by atoms with van der Waals surface area (Å²) in [5.41, 5.74) is 2.85. The summed E-state index contributed by atoms with van der Waals surface area (Å²) in [6, 6.07) is 13.3. The first kappa shape index (κ1) is 25.9. The molecule has 1 aliphatic carbocycles. The molecule has 0 spiro atoms. The number of quaternary nitrogens is 1. The number of aryl methyl sites for hydroxylation is 2. The summed E-state index contributed by atoms with van der Waals surface area (Å²) in [6.07, 6.45) is 4.30. The number of nitrogens with one attached hydrogen (secondary N) is 1. The monoisotopic (exact) mass is 493 g/mol. The molecule has 2 aliphatic rings. The third-order valence-corrected chi connectivity index (χ3v) is 7.82. The van der Waals surface area contributed by atoms with Crippen molar-refractivity contribution in [1.82, 2.24) is 0 Å². The van der Waals surface area contributed by atoms with Gasteiger partial charge < -0.3 is 19.3 Å². The average molecular weight is 494 g/mol. The molecule has 1 saturated heterocycles. The maximum absolute atomic E-state index is 14.0. The van der Waals surface area contributed by atoms with Gasteiger partial charge in [-0.25, -0.2) is 9.59 Å². The summed E-state index contributed by atoms with van der Waals surface area (Å²) in [5, 5.41) is 3.11. The molecule has 36 heavy (non-hydrogen) atoms. The molecule has 1 amide bonds. The Labute approximate surface area is 213 Å². The quantitative estimate of drug-likeness (QED) is 0.405. The number of amides is 1. The Balaban J connectivity index is 1.57. The molecule has 1 saturated carbocycles. The average Bonchev–Trinajstić information content (AvgIpc) is 3.28. The van der Waals surface area contributed by atoms with Crippen molar-refractivity contribution < 1.29 is 28.3 Å². The lowest BCUT2D eigenvalue weighted by Gasteiger charge is -2.54. The molecule has 4 rings (SSSR count). The van der Waals surface area contributed by atoms with Gasteiger partial charge in [0.15, 0.2) is 12.1 Å². The SMILES string of the molecule is CCOC(=O)c1cc(C)cc(C)c1NC(=O)C1([N+]2(CC(=O)OCc3ccccc3)CCCC2)CCC1. The highest BCUT2D eigenvalue weighted by atomic mass is 16.5. The lowest BCUT2D eigenvalue weighted by Crippen LogP contribution is -2.72. The van der Waals surface area contributed by atoms with E-state index in [9.17, 15) is 14.4 Å². The van der Waals surface area contributed by atoms with Crippen LogP contribution in [0.4, 0.5) is 5.69 Å². The van der Waals surface area contributed by atoms with Gasteiger partial charge >= 0.3 is 11.9 Å². The Hall–Kier alpha value is -3.19. The summed E-state index contributed by atoms with van der Waals surface area (Å²) >= 11 is 0. The van der Waals surface area contributed by atoms with E-state index >= 15 is 0 Å². The first-order chi connectivity index (χ1) is 17.3. The van der Waals surface area contributed by atoms with E-state index in [1.165, 1.54) is 0 Å². The number of anilines is 1. The first-order valence-electron chi connectivity index (χ1n) is 13.0. The van der Waals surface area contributed by atoms with Gasteiger partial charge in [0.05, 0.1) is 30.9 Å². The first-order valence-corrected chi connectivity index (χ1v) is 13.0. The smallest absolute Gasteiger partial charge is 0.362 e. The number of rotatable bonds is 9. The van der Waals surface area contributed by atoms with Gasteiger partial charge in [-0.15, -0.1) is 0 Å². The van der Waals surface area contributed by atoms with Crippen LogP contribution in [0.15, 0.2) is 42.5 Å². The molecule has 1 aliphatic heterocycles. The molecule has 2 aromatic carbocycles. The molecular weight excluding hydrogens is 456 g/mol. The van der Waals surface area contributed by atoms with Gasteiger partial charge in [0.25, 0.3) is 5.91 Å². The van der Waals surface area contributed by atoms with Gasteiger partial charge in [-0.2, -0.15) is 0 Å². The highest BCUT2D eigenvalue weighted by Crippen LogP contribution is 2.47. The third-order valence-electron chi connectivity index (χ3n) is 7.82. The summed E-state index contributed by atoms with van der Waals surface area (Å²) in [7, 11) is 0. The summed E-state index contributed by atoms with van der Waals surface area (Å²) in [5.74, 6) is -0.848. The predicted molar refractivity (Wildman–Crippen MR) is 137 cm³/mol. The fourth-order valence-electron chi connectivity index (χ4n) is 5.87. The van der Waals surface area contributed by atoms with E-state index < -0.39 is 11.5 Å². The molecule has 0 radical (unpaired) electrons. The minimum absolute atomic E-state index is 0.121. The van der Waals surface area contributed by atoms with E-state index in [0.717, 1.165) is 49.0 Å². The topological polar surface area (TPSA) is 81.7 Å². The van der Waals surface area contributed by atoms with Crippen LogP contribution in [0, 0.1) is 13.8 Å². The zero-order valence-corrected chi connectivity index (χ0v) is 21.6. The summed E-state index contributed by atoms with van der Waals surface area (Å²) < 4.78 is 11.3. The van der Waals surface area contributed by atoms with Gasteiger partial charge in [-0.3, -0.25) is 4.79 Å². The lowest BCUT2D eigenvalue weighted by molar-refractivity contribution is -0.955. The van der Waals surface area contributed by atoms with Crippen LogP contribution in [0.1, 0.15) is 66.1 Å². The number of nitrogens with zero attached hydrogens (tertiary/aromatic N) is 1. The van der Waals surface area contributed by atoms with E-state index in [1.807, 2.05) is 50.2 Å². The maximum atomic E-state index is 14.0. The van der Waals surface area contributed by atoms with Crippen molar-refractivity contribution in [1.29, 1.82) is 0 Å². The van der Waals surface area contributed by atoms with Gasteiger partial charge in [0.2, 0.25) is 0 Å². The largest absolute Gasteiger partial charge is 0.462 e. The fraction of sp³-hybridized carbons (Fsp3) is 0.483. The van der Waals surface area contributed by atoms with Crippen molar-refractivity contribution >= 4 is 23.5 Å². The van der Waals surface area contributed by atoms with E-state index in [-0.39, 0.29) is 31.6 Å². The highest BCUT2D eigenvalue weighted by Gasteiger charge is 2.62. The van der Waals surface area contributed by atoms with Gasteiger partial charge in [0, 0.05) is 25.7 Å². The van der Waals surface area contributed by atoms with Crippen molar-refractivity contribution in [2.24, 2.45) is 0 Å². The number of esters is 2. The lowest BCUT2D eigenvalue weighted by atomic mass is 9.72. The second-order valence-corrected chi connectivity index (χ2v) is 10.2. The number of likely N-dealkylation sites (tertiary alicyclic amines) is 1. The van der Waals surface area contributed by atoms with Gasteiger partial charge in [-0.1, -0.05) is 36.4 Å². The van der Waals surface area contributed by atoms with E-state index in [4.69, 9.17) is 9.47 Å². The zero-order valence-electron chi connectivity index (χ0n) is 21.6. The number of hydrogen-bond acceptors (Lipinski definition) is 5. The van der Waals surface area contributed by atoms with Crippen LogP contribution in [0.5, 0.6) is 0 Å². The molecule has 1 heterocycles.